The lowest BCUT2D eigenvalue weighted by Gasteiger charge is -2.39. The molecule has 1 aromatic rings. The lowest BCUT2D eigenvalue weighted by molar-refractivity contribution is -0.163. The summed E-state index contributed by atoms with van der Waals surface area (Å²) in [6.07, 6.45) is 2.17. The third-order valence-corrected chi connectivity index (χ3v) is 4.53. The van der Waals surface area contributed by atoms with Crippen molar-refractivity contribution in [2.75, 3.05) is 18.4 Å². The molecule has 4 nitrogen and oxygen atoms in total. The fourth-order valence-electron chi connectivity index (χ4n) is 3.04. The highest BCUT2D eigenvalue weighted by Crippen LogP contribution is 2.41. The zero-order valence-electron chi connectivity index (χ0n) is 10.8. The van der Waals surface area contributed by atoms with E-state index in [1.165, 1.54) is 0 Å². The number of hydrogen-bond acceptors (Lipinski definition) is 3. The van der Waals surface area contributed by atoms with Gasteiger partial charge in [0.1, 0.15) is 0 Å². The SMILES string of the molecule is C[C@@H]1CCCN([C@@]2(O)C(=O)Nc3ccc(Br)cc32)C1. The van der Waals surface area contributed by atoms with E-state index in [2.05, 4.69) is 28.2 Å². The molecule has 0 aromatic heterocycles. The number of carbonyl (C=O) groups excluding carboxylic acids is 1. The molecular weight excluding hydrogens is 308 g/mol. The highest BCUT2D eigenvalue weighted by molar-refractivity contribution is 9.10. The van der Waals surface area contributed by atoms with E-state index in [9.17, 15) is 9.90 Å². The molecule has 0 spiro atoms. The van der Waals surface area contributed by atoms with Gasteiger partial charge in [-0.2, -0.15) is 0 Å². The largest absolute Gasteiger partial charge is 0.364 e. The maximum atomic E-state index is 12.3. The summed E-state index contributed by atoms with van der Waals surface area (Å²) < 4.78 is 0.867. The first kappa shape index (κ1) is 13.1. The van der Waals surface area contributed by atoms with Crippen molar-refractivity contribution in [3.63, 3.8) is 0 Å². The predicted molar refractivity (Wildman–Crippen MR) is 76.6 cm³/mol. The molecule has 0 aliphatic carbocycles. The number of hydrogen-bond donors (Lipinski definition) is 2. The first-order chi connectivity index (χ1) is 9.01. The Morgan fingerprint density at radius 3 is 3.05 bits per heavy atom. The molecule has 2 heterocycles. The number of piperidine rings is 1. The molecule has 2 aliphatic heterocycles. The molecule has 2 aliphatic rings. The lowest BCUT2D eigenvalue weighted by atomic mass is 9.94. The Balaban J connectivity index is 2.03. The normalized spacial score (nSPS) is 31.1. The van der Waals surface area contributed by atoms with E-state index in [-0.39, 0.29) is 5.91 Å². The Morgan fingerprint density at radius 1 is 1.53 bits per heavy atom. The number of nitrogens with one attached hydrogen (secondary N) is 1. The molecule has 2 atom stereocenters. The summed E-state index contributed by atoms with van der Waals surface area (Å²) in [7, 11) is 0. The van der Waals surface area contributed by atoms with Crippen molar-refractivity contribution < 1.29 is 9.90 Å². The maximum Gasteiger partial charge on any atom is 0.276 e. The van der Waals surface area contributed by atoms with Crippen LogP contribution in [0.3, 0.4) is 0 Å². The Labute approximate surface area is 120 Å². The summed E-state index contributed by atoms with van der Waals surface area (Å²) in [6.45, 7) is 3.65. The monoisotopic (exact) mass is 324 g/mol. The summed E-state index contributed by atoms with van der Waals surface area (Å²) in [4.78, 5) is 14.1. The van der Waals surface area contributed by atoms with E-state index in [0.717, 1.165) is 30.4 Å². The van der Waals surface area contributed by atoms with Crippen LogP contribution >= 0.6 is 15.9 Å². The quantitative estimate of drug-likeness (QED) is 0.833. The topological polar surface area (TPSA) is 52.6 Å². The average molecular weight is 325 g/mol. The van der Waals surface area contributed by atoms with E-state index < -0.39 is 5.72 Å². The summed E-state index contributed by atoms with van der Waals surface area (Å²) in [6, 6.07) is 5.51. The van der Waals surface area contributed by atoms with Gasteiger partial charge in [-0.05, 0) is 37.0 Å². The molecular formula is C14H17BrN2O2. The van der Waals surface area contributed by atoms with E-state index in [1.54, 1.807) is 0 Å². The second kappa shape index (κ2) is 4.58. The van der Waals surface area contributed by atoms with E-state index in [0.29, 0.717) is 17.2 Å². The third-order valence-electron chi connectivity index (χ3n) is 4.04. The number of nitrogens with zero attached hydrogens (tertiary/aromatic N) is 1. The van der Waals surface area contributed by atoms with E-state index in [1.807, 2.05) is 23.1 Å². The van der Waals surface area contributed by atoms with Crippen LogP contribution in [-0.2, 0) is 10.5 Å². The predicted octanol–water partition coefficient (Wildman–Crippen LogP) is 2.28. The van der Waals surface area contributed by atoms with Crippen molar-refractivity contribution in [3.8, 4) is 0 Å². The minimum absolute atomic E-state index is 0.338. The van der Waals surface area contributed by atoms with Gasteiger partial charge in [0.25, 0.3) is 5.91 Å². The van der Waals surface area contributed by atoms with Crippen molar-refractivity contribution in [2.24, 2.45) is 5.92 Å². The molecule has 102 valence electrons. The van der Waals surface area contributed by atoms with Gasteiger partial charge in [-0.3, -0.25) is 9.69 Å². The zero-order chi connectivity index (χ0) is 13.6. The number of rotatable bonds is 1. The highest BCUT2D eigenvalue weighted by Gasteiger charge is 2.50. The van der Waals surface area contributed by atoms with E-state index >= 15 is 0 Å². The Bertz CT molecular complexity index is 534. The van der Waals surface area contributed by atoms with E-state index in [4.69, 9.17) is 0 Å². The van der Waals surface area contributed by atoms with Crippen molar-refractivity contribution >= 4 is 27.5 Å². The highest BCUT2D eigenvalue weighted by atomic mass is 79.9. The second-order valence-electron chi connectivity index (χ2n) is 5.51. The minimum atomic E-state index is -1.52. The number of benzene rings is 1. The molecule has 19 heavy (non-hydrogen) atoms. The van der Waals surface area contributed by atoms with Crippen molar-refractivity contribution in [1.29, 1.82) is 0 Å². The minimum Gasteiger partial charge on any atom is -0.364 e. The van der Waals surface area contributed by atoms with Crippen LogP contribution in [0, 0.1) is 5.92 Å². The fourth-order valence-corrected chi connectivity index (χ4v) is 3.40. The summed E-state index contributed by atoms with van der Waals surface area (Å²) in [5.41, 5.74) is -0.164. The van der Waals surface area contributed by atoms with Crippen LogP contribution in [0.1, 0.15) is 25.3 Å². The second-order valence-corrected chi connectivity index (χ2v) is 6.43. The van der Waals surface area contributed by atoms with Crippen LogP contribution in [0.15, 0.2) is 22.7 Å². The third kappa shape index (κ3) is 2.00. The summed E-state index contributed by atoms with van der Waals surface area (Å²) in [5, 5.41) is 13.7. The Morgan fingerprint density at radius 2 is 2.32 bits per heavy atom. The van der Waals surface area contributed by atoms with Crippen LogP contribution in [0.5, 0.6) is 0 Å². The number of anilines is 1. The smallest absolute Gasteiger partial charge is 0.276 e. The number of carbonyl (C=O) groups is 1. The molecule has 1 amide bonds. The maximum absolute atomic E-state index is 12.3. The van der Waals surface area contributed by atoms with Gasteiger partial charge in [0.15, 0.2) is 0 Å². The lowest BCUT2D eigenvalue weighted by Crippen LogP contribution is -2.54. The number of likely N-dealkylation sites (tertiary alicyclic amines) is 1. The molecule has 1 aromatic carbocycles. The standard InChI is InChI=1S/C14H17BrN2O2/c1-9-3-2-6-17(8-9)14(19)11-7-10(15)4-5-12(11)16-13(14)18/h4-5,7,9,19H,2-3,6,8H2,1H3,(H,16,18)/t9-,14+/m1/s1. The van der Waals surface area contributed by atoms with Gasteiger partial charge in [0, 0.05) is 28.8 Å². The van der Waals surface area contributed by atoms with Crippen LogP contribution in [-0.4, -0.2) is 29.0 Å². The van der Waals surface area contributed by atoms with Crippen LogP contribution in [0.25, 0.3) is 0 Å². The van der Waals surface area contributed by atoms with Gasteiger partial charge >= 0.3 is 0 Å². The molecule has 0 radical (unpaired) electrons. The summed E-state index contributed by atoms with van der Waals surface area (Å²) >= 11 is 3.40. The Hall–Kier alpha value is -0.910. The van der Waals surface area contributed by atoms with Crippen molar-refractivity contribution in [3.05, 3.63) is 28.2 Å². The van der Waals surface area contributed by atoms with Gasteiger partial charge < -0.3 is 10.4 Å². The molecule has 1 fully saturated rings. The molecule has 0 saturated carbocycles. The van der Waals surface area contributed by atoms with Crippen LogP contribution < -0.4 is 5.32 Å². The molecule has 0 bridgehead atoms. The van der Waals surface area contributed by atoms with Gasteiger partial charge in [-0.1, -0.05) is 22.9 Å². The number of amides is 1. The molecule has 1 saturated heterocycles. The molecule has 3 rings (SSSR count). The average Bonchev–Trinajstić information content (AvgIpc) is 2.63. The van der Waals surface area contributed by atoms with Gasteiger partial charge in [-0.15, -0.1) is 0 Å². The Kier molecular flexibility index (Phi) is 3.15. The first-order valence-corrected chi connectivity index (χ1v) is 7.40. The molecule has 5 heteroatoms. The molecule has 2 N–H and O–H groups in total. The first-order valence-electron chi connectivity index (χ1n) is 6.60. The summed E-state index contributed by atoms with van der Waals surface area (Å²) in [5.74, 6) is 0.163. The van der Waals surface area contributed by atoms with Gasteiger partial charge in [0.05, 0.1) is 0 Å². The number of aliphatic hydroxyl groups is 1. The van der Waals surface area contributed by atoms with Crippen LogP contribution in [0.4, 0.5) is 5.69 Å². The fraction of sp³-hybridized carbons (Fsp3) is 0.500. The van der Waals surface area contributed by atoms with Crippen molar-refractivity contribution in [2.45, 2.75) is 25.5 Å². The van der Waals surface area contributed by atoms with Gasteiger partial charge in [-0.25, -0.2) is 0 Å². The van der Waals surface area contributed by atoms with Crippen molar-refractivity contribution in [1.82, 2.24) is 4.90 Å². The van der Waals surface area contributed by atoms with Gasteiger partial charge in [0.2, 0.25) is 5.72 Å². The zero-order valence-corrected chi connectivity index (χ0v) is 12.4. The number of halogens is 1. The number of fused-ring (bicyclic) bond motifs is 1. The van der Waals surface area contributed by atoms with Crippen LogP contribution in [0.2, 0.25) is 0 Å². The molecule has 0 unspecified atom stereocenters.